The first-order valence-corrected chi connectivity index (χ1v) is 16.3. The maximum Gasteiger partial charge on any atom is 0.408 e. The van der Waals surface area contributed by atoms with Crippen LogP contribution in [-0.2, 0) is 19.1 Å². The number of hydrogen-bond donors (Lipinski definition) is 3. The van der Waals surface area contributed by atoms with Gasteiger partial charge in [-0.2, -0.15) is 0 Å². The zero-order valence-electron chi connectivity index (χ0n) is 27.4. The molecule has 4 amide bonds. The van der Waals surface area contributed by atoms with Gasteiger partial charge in [0.25, 0.3) is 0 Å². The first kappa shape index (κ1) is 36.1. The van der Waals surface area contributed by atoms with Gasteiger partial charge >= 0.3 is 6.09 Å². The molecular weight excluding hydrogens is 544 g/mol. The molecule has 2 atom stereocenters. The smallest absolute Gasteiger partial charge is 0.408 e. The van der Waals surface area contributed by atoms with E-state index in [1.807, 2.05) is 32.0 Å². The number of aryl methyl sites for hydroxylation is 1. The third-order valence-corrected chi connectivity index (χ3v) is 8.16. The normalized spacial score (nSPS) is 15.3. The predicted octanol–water partition coefficient (Wildman–Crippen LogP) is 6.14. The molecule has 0 bridgehead atoms. The molecule has 2 rings (SSSR count). The van der Waals surface area contributed by atoms with Crippen LogP contribution in [0.3, 0.4) is 0 Å². The van der Waals surface area contributed by atoms with E-state index in [2.05, 4.69) is 17.6 Å². The van der Waals surface area contributed by atoms with Crippen LogP contribution in [0, 0.1) is 13.8 Å². The fourth-order valence-corrected chi connectivity index (χ4v) is 5.67. The second-order valence-electron chi connectivity index (χ2n) is 13.0. The molecule has 1 aliphatic carbocycles. The van der Waals surface area contributed by atoms with Gasteiger partial charge in [-0.25, -0.2) is 4.79 Å². The maximum atomic E-state index is 14.5. The number of hydrogen-bond acceptors (Lipinski definition) is 5. The van der Waals surface area contributed by atoms with Gasteiger partial charge in [-0.1, -0.05) is 76.5 Å². The summed E-state index contributed by atoms with van der Waals surface area (Å²) in [5.41, 5.74) is 7.41. The van der Waals surface area contributed by atoms with Crippen LogP contribution in [0.5, 0.6) is 0 Å². The number of amides is 4. The number of nitrogens with zero attached hydrogens (tertiary/aromatic N) is 1. The number of nitrogens with one attached hydrogen (secondary N) is 2. The Balaban J connectivity index is 2.51. The van der Waals surface area contributed by atoms with Gasteiger partial charge in [0.2, 0.25) is 17.7 Å². The Morgan fingerprint density at radius 1 is 1.00 bits per heavy atom. The number of nitrogens with two attached hydrogens (primary N) is 1. The summed E-state index contributed by atoms with van der Waals surface area (Å²) in [5.74, 6) is -1.22. The quantitative estimate of drug-likeness (QED) is 0.196. The van der Waals surface area contributed by atoms with Crippen molar-refractivity contribution >= 4 is 23.8 Å². The lowest BCUT2D eigenvalue weighted by atomic mass is 9.92. The minimum absolute atomic E-state index is 0.00414. The number of carbonyl (C=O) groups excluding carboxylic acids is 4. The Morgan fingerprint density at radius 2 is 1.65 bits per heavy atom. The molecule has 1 fully saturated rings. The lowest BCUT2D eigenvalue weighted by molar-refractivity contribution is -0.143. The molecule has 0 aromatic heterocycles. The summed E-state index contributed by atoms with van der Waals surface area (Å²) in [7, 11) is 0. The van der Waals surface area contributed by atoms with Gasteiger partial charge in [0, 0.05) is 19.0 Å². The van der Waals surface area contributed by atoms with Crippen LogP contribution in [0.4, 0.5) is 4.79 Å². The van der Waals surface area contributed by atoms with Crippen LogP contribution in [0.1, 0.15) is 134 Å². The lowest BCUT2D eigenvalue weighted by Gasteiger charge is -2.36. The van der Waals surface area contributed by atoms with E-state index in [0.29, 0.717) is 13.0 Å². The monoisotopic (exact) mass is 600 g/mol. The molecule has 0 radical (unpaired) electrons. The molecule has 1 saturated carbocycles. The zero-order valence-corrected chi connectivity index (χ0v) is 27.4. The summed E-state index contributed by atoms with van der Waals surface area (Å²) in [6.07, 6.45) is 10.3. The molecule has 242 valence electrons. The van der Waals surface area contributed by atoms with E-state index in [-0.39, 0.29) is 24.8 Å². The van der Waals surface area contributed by atoms with Crippen molar-refractivity contribution in [3.8, 4) is 0 Å². The molecule has 43 heavy (non-hydrogen) atoms. The van der Waals surface area contributed by atoms with Crippen LogP contribution < -0.4 is 16.4 Å². The Kier molecular flexibility index (Phi) is 15.0. The van der Waals surface area contributed by atoms with Crippen molar-refractivity contribution in [2.75, 3.05) is 6.54 Å². The summed E-state index contributed by atoms with van der Waals surface area (Å²) in [6.45, 7) is 11.7. The standard InChI is InChI=1S/C34H56N4O5/c1-7-8-9-10-11-15-23-38(32(41)28(21-22-29(35)39)37-33(42)43-34(4,5)6)30(27-20-16-17-24(2)25(27)3)31(40)36-26-18-13-12-14-19-26/h16-17,20,26,28,30H,7-15,18-19,21-23H2,1-6H3,(H2,35,39)(H,36,40)(H,37,42). The number of alkyl carbamates (subject to hydrolysis) is 1. The highest BCUT2D eigenvalue weighted by molar-refractivity contribution is 5.92. The Labute approximate surface area is 259 Å². The minimum Gasteiger partial charge on any atom is -0.444 e. The van der Waals surface area contributed by atoms with Crippen molar-refractivity contribution in [1.82, 2.24) is 15.5 Å². The van der Waals surface area contributed by atoms with Crippen molar-refractivity contribution in [3.05, 3.63) is 34.9 Å². The molecule has 0 heterocycles. The highest BCUT2D eigenvalue weighted by atomic mass is 16.6. The van der Waals surface area contributed by atoms with E-state index in [1.54, 1.807) is 25.7 Å². The van der Waals surface area contributed by atoms with Crippen LogP contribution in [0.15, 0.2) is 18.2 Å². The number of unbranched alkanes of at least 4 members (excludes halogenated alkanes) is 5. The van der Waals surface area contributed by atoms with Crippen LogP contribution in [0.25, 0.3) is 0 Å². The maximum absolute atomic E-state index is 14.5. The average molecular weight is 601 g/mol. The molecule has 0 spiro atoms. The lowest BCUT2D eigenvalue weighted by Crippen LogP contribution is -2.54. The topological polar surface area (TPSA) is 131 Å². The van der Waals surface area contributed by atoms with E-state index in [0.717, 1.165) is 80.9 Å². The van der Waals surface area contributed by atoms with Crippen LogP contribution in [0.2, 0.25) is 0 Å². The molecule has 0 aliphatic heterocycles. The number of ether oxygens (including phenoxy) is 1. The van der Waals surface area contributed by atoms with Gasteiger partial charge in [-0.15, -0.1) is 0 Å². The van der Waals surface area contributed by atoms with Gasteiger partial charge in [0.05, 0.1) is 0 Å². The summed E-state index contributed by atoms with van der Waals surface area (Å²) >= 11 is 0. The highest BCUT2D eigenvalue weighted by Crippen LogP contribution is 2.29. The molecule has 9 nitrogen and oxygen atoms in total. The molecule has 1 aromatic rings. The van der Waals surface area contributed by atoms with Gasteiger partial charge < -0.3 is 26.0 Å². The molecule has 4 N–H and O–H groups in total. The largest absolute Gasteiger partial charge is 0.444 e. The van der Waals surface area contributed by atoms with Crippen molar-refractivity contribution in [2.24, 2.45) is 5.73 Å². The van der Waals surface area contributed by atoms with Crippen LogP contribution >= 0.6 is 0 Å². The Morgan fingerprint density at radius 3 is 2.28 bits per heavy atom. The van der Waals surface area contributed by atoms with Crippen molar-refractivity contribution < 1.29 is 23.9 Å². The van der Waals surface area contributed by atoms with Gasteiger partial charge in [0.1, 0.15) is 17.7 Å². The van der Waals surface area contributed by atoms with E-state index >= 15 is 0 Å². The van der Waals surface area contributed by atoms with E-state index in [1.165, 1.54) is 0 Å². The first-order valence-electron chi connectivity index (χ1n) is 16.3. The molecule has 2 unspecified atom stereocenters. The molecule has 1 aromatic carbocycles. The molecular formula is C34H56N4O5. The summed E-state index contributed by atoms with van der Waals surface area (Å²) in [5, 5.41) is 5.95. The van der Waals surface area contributed by atoms with Crippen molar-refractivity contribution in [2.45, 2.75) is 149 Å². The predicted molar refractivity (Wildman–Crippen MR) is 170 cm³/mol. The number of carbonyl (C=O) groups is 4. The first-order chi connectivity index (χ1) is 20.3. The minimum atomic E-state index is -1.09. The van der Waals surface area contributed by atoms with E-state index < -0.39 is 35.6 Å². The van der Waals surface area contributed by atoms with Crippen LogP contribution in [-0.4, -0.2) is 52.9 Å². The van der Waals surface area contributed by atoms with E-state index in [4.69, 9.17) is 10.5 Å². The summed E-state index contributed by atoms with van der Waals surface area (Å²) < 4.78 is 5.45. The third kappa shape index (κ3) is 12.6. The van der Waals surface area contributed by atoms with Gasteiger partial charge in [-0.05, 0) is 77.0 Å². The average Bonchev–Trinajstić information content (AvgIpc) is 2.93. The molecule has 0 saturated heterocycles. The highest BCUT2D eigenvalue weighted by Gasteiger charge is 2.37. The molecule has 1 aliphatic rings. The third-order valence-electron chi connectivity index (χ3n) is 8.16. The fraction of sp³-hybridized carbons (Fsp3) is 0.706. The summed E-state index contributed by atoms with van der Waals surface area (Å²) in [6, 6.07) is 3.91. The van der Waals surface area contributed by atoms with Gasteiger partial charge in [-0.3, -0.25) is 14.4 Å². The molecule has 9 heteroatoms. The number of benzene rings is 1. The number of primary amides is 1. The van der Waals surface area contributed by atoms with E-state index in [9.17, 15) is 19.2 Å². The number of rotatable bonds is 16. The van der Waals surface area contributed by atoms with Crippen molar-refractivity contribution in [3.63, 3.8) is 0 Å². The summed E-state index contributed by atoms with van der Waals surface area (Å²) in [4.78, 5) is 54.9. The fourth-order valence-electron chi connectivity index (χ4n) is 5.67. The zero-order chi connectivity index (χ0) is 32.0. The Hall–Kier alpha value is -3.10. The van der Waals surface area contributed by atoms with Gasteiger partial charge in [0.15, 0.2) is 0 Å². The SMILES string of the molecule is CCCCCCCCN(C(=O)C(CCC(N)=O)NC(=O)OC(C)(C)C)C(C(=O)NC1CCCCC1)c1cccc(C)c1C. The second kappa shape index (κ2) is 17.9. The van der Waals surface area contributed by atoms with Crippen molar-refractivity contribution in [1.29, 1.82) is 0 Å². The Bertz CT molecular complexity index is 1060. The second-order valence-corrected chi connectivity index (χ2v) is 13.0.